The van der Waals surface area contributed by atoms with Crippen LogP contribution in [0.2, 0.25) is 0 Å². The van der Waals surface area contributed by atoms with Crippen molar-refractivity contribution in [2.45, 2.75) is 38.1 Å². The number of nitrogens with zero attached hydrogens (tertiary/aromatic N) is 4. The Morgan fingerprint density at radius 2 is 1.69 bits per heavy atom. The number of fused-ring (bicyclic) bond motifs is 1. The Labute approximate surface area is 150 Å². The summed E-state index contributed by atoms with van der Waals surface area (Å²) < 4.78 is 0. The van der Waals surface area contributed by atoms with E-state index in [2.05, 4.69) is 5.32 Å². The Bertz CT molecular complexity index is 920. The molecule has 0 aromatic heterocycles. The summed E-state index contributed by atoms with van der Waals surface area (Å²) in [6, 6.07) is 9.67. The minimum atomic E-state index is -0.396. The number of allylic oxidation sites excluding steroid dienone is 2. The number of anilines is 1. The molecule has 26 heavy (non-hydrogen) atoms. The van der Waals surface area contributed by atoms with Crippen LogP contribution < -0.4 is 5.32 Å². The van der Waals surface area contributed by atoms with Gasteiger partial charge in [-0.1, -0.05) is 25.3 Å². The molecule has 3 rings (SSSR count). The zero-order valence-corrected chi connectivity index (χ0v) is 14.0. The molecule has 1 aliphatic heterocycles. The first-order valence-corrected chi connectivity index (χ1v) is 8.34. The Kier molecular flexibility index (Phi) is 4.69. The van der Waals surface area contributed by atoms with Gasteiger partial charge in [0.15, 0.2) is 5.57 Å². The van der Waals surface area contributed by atoms with Crippen molar-refractivity contribution in [2.24, 2.45) is 0 Å². The summed E-state index contributed by atoms with van der Waals surface area (Å²) in [5, 5.41) is 29.8. The highest BCUT2D eigenvalue weighted by atomic mass is 16.2. The Morgan fingerprint density at radius 1 is 1.00 bits per heavy atom. The van der Waals surface area contributed by atoms with Crippen LogP contribution in [0.15, 0.2) is 29.5 Å². The average Bonchev–Trinajstić information content (AvgIpc) is 2.94. The summed E-state index contributed by atoms with van der Waals surface area (Å²) in [6.07, 6.45) is 4.67. The van der Waals surface area contributed by atoms with Crippen molar-refractivity contribution in [2.75, 3.05) is 5.32 Å². The number of carbonyl (C=O) groups excluding carboxylic acids is 2. The van der Waals surface area contributed by atoms with E-state index in [1.165, 1.54) is 4.90 Å². The number of imide groups is 1. The molecule has 2 amide bonds. The third-order valence-corrected chi connectivity index (χ3v) is 4.73. The molecule has 1 aliphatic carbocycles. The standard InChI is InChI=1S/C19H15N5O2/c20-9-12(10-21)16(11-22)23-15-8-4-7-14-17(15)19(26)24(18(14)25)13-5-2-1-3-6-13/h4,7-8,13,23H,1-3,5-6H2. The van der Waals surface area contributed by atoms with E-state index in [0.29, 0.717) is 0 Å². The molecule has 0 saturated heterocycles. The lowest BCUT2D eigenvalue weighted by Crippen LogP contribution is -2.40. The lowest BCUT2D eigenvalue weighted by Gasteiger charge is -2.29. The molecule has 7 heteroatoms. The predicted molar refractivity (Wildman–Crippen MR) is 91.3 cm³/mol. The van der Waals surface area contributed by atoms with Gasteiger partial charge in [0.2, 0.25) is 0 Å². The summed E-state index contributed by atoms with van der Waals surface area (Å²) in [5.74, 6) is -0.725. The minimum absolute atomic E-state index is 0.108. The van der Waals surface area contributed by atoms with Gasteiger partial charge in [-0.25, -0.2) is 0 Å². The molecule has 7 nitrogen and oxygen atoms in total. The van der Waals surface area contributed by atoms with Crippen LogP contribution in [0.3, 0.4) is 0 Å². The molecular weight excluding hydrogens is 330 g/mol. The first kappa shape index (κ1) is 17.2. The first-order chi connectivity index (χ1) is 12.6. The van der Waals surface area contributed by atoms with E-state index in [-0.39, 0.29) is 40.0 Å². The lowest BCUT2D eigenvalue weighted by atomic mass is 9.94. The monoisotopic (exact) mass is 345 g/mol. The van der Waals surface area contributed by atoms with Crippen molar-refractivity contribution in [1.29, 1.82) is 15.8 Å². The zero-order valence-electron chi connectivity index (χ0n) is 14.0. The van der Waals surface area contributed by atoms with Gasteiger partial charge in [0.05, 0.1) is 16.8 Å². The number of nitrogens with one attached hydrogen (secondary N) is 1. The van der Waals surface area contributed by atoms with Gasteiger partial charge in [-0.05, 0) is 25.0 Å². The fourth-order valence-electron chi connectivity index (χ4n) is 3.50. The van der Waals surface area contributed by atoms with Gasteiger partial charge in [0, 0.05) is 6.04 Å². The first-order valence-electron chi connectivity index (χ1n) is 8.34. The zero-order chi connectivity index (χ0) is 18.7. The van der Waals surface area contributed by atoms with Crippen molar-refractivity contribution in [1.82, 2.24) is 4.90 Å². The number of hydrogen-bond acceptors (Lipinski definition) is 6. The average molecular weight is 345 g/mol. The number of hydrogen-bond donors (Lipinski definition) is 1. The molecule has 0 unspecified atom stereocenters. The smallest absolute Gasteiger partial charge is 0.263 e. The van der Waals surface area contributed by atoms with E-state index in [1.54, 1.807) is 36.4 Å². The molecule has 1 aromatic rings. The molecule has 0 atom stereocenters. The van der Waals surface area contributed by atoms with Crippen LogP contribution >= 0.6 is 0 Å². The maximum absolute atomic E-state index is 12.9. The molecule has 0 spiro atoms. The van der Waals surface area contributed by atoms with Gasteiger partial charge >= 0.3 is 0 Å². The number of rotatable bonds is 3. The maximum Gasteiger partial charge on any atom is 0.263 e. The molecule has 1 saturated carbocycles. The van der Waals surface area contributed by atoms with Crippen molar-refractivity contribution in [3.63, 3.8) is 0 Å². The molecule has 0 radical (unpaired) electrons. The highest BCUT2D eigenvalue weighted by molar-refractivity contribution is 6.24. The molecule has 2 aliphatic rings. The van der Waals surface area contributed by atoms with Crippen molar-refractivity contribution in [3.8, 4) is 18.2 Å². The summed E-state index contributed by atoms with van der Waals surface area (Å²) in [5.41, 5.74) is 0.0777. The summed E-state index contributed by atoms with van der Waals surface area (Å²) in [7, 11) is 0. The molecule has 1 N–H and O–H groups in total. The summed E-state index contributed by atoms with van der Waals surface area (Å²) >= 11 is 0. The highest BCUT2D eigenvalue weighted by Gasteiger charge is 2.41. The van der Waals surface area contributed by atoms with E-state index in [1.807, 2.05) is 0 Å². The topological polar surface area (TPSA) is 121 Å². The molecular formula is C19H15N5O2. The van der Waals surface area contributed by atoms with Gasteiger partial charge in [0.25, 0.3) is 11.8 Å². The van der Waals surface area contributed by atoms with Gasteiger partial charge < -0.3 is 5.32 Å². The second-order valence-electron chi connectivity index (χ2n) is 6.21. The SMILES string of the molecule is N#CC(C#N)=C(C#N)Nc1cccc2c1C(=O)N(C1CCCCC1)C2=O. The van der Waals surface area contributed by atoms with Gasteiger partial charge in [0.1, 0.15) is 23.9 Å². The van der Waals surface area contributed by atoms with Crippen LogP contribution in [0.25, 0.3) is 0 Å². The van der Waals surface area contributed by atoms with Crippen molar-refractivity contribution in [3.05, 3.63) is 40.6 Å². The predicted octanol–water partition coefficient (Wildman–Crippen LogP) is 2.85. The Morgan fingerprint density at radius 3 is 2.31 bits per heavy atom. The van der Waals surface area contributed by atoms with E-state index in [9.17, 15) is 14.9 Å². The molecule has 1 aromatic carbocycles. The molecule has 1 fully saturated rings. The van der Waals surface area contributed by atoms with Gasteiger partial charge in [-0.3, -0.25) is 14.5 Å². The van der Waals surface area contributed by atoms with Crippen LogP contribution in [0.4, 0.5) is 5.69 Å². The number of benzene rings is 1. The summed E-state index contributed by atoms with van der Waals surface area (Å²) in [4.78, 5) is 27.0. The quantitative estimate of drug-likeness (QED) is 0.664. The van der Waals surface area contributed by atoms with E-state index in [0.717, 1.165) is 32.1 Å². The van der Waals surface area contributed by atoms with E-state index >= 15 is 0 Å². The van der Waals surface area contributed by atoms with Crippen molar-refractivity contribution >= 4 is 17.5 Å². The fourth-order valence-corrected chi connectivity index (χ4v) is 3.50. The van der Waals surface area contributed by atoms with Gasteiger partial charge in [-0.2, -0.15) is 15.8 Å². The third kappa shape index (κ3) is 2.79. The highest BCUT2D eigenvalue weighted by Crippen LogP contribution is 2.34. The minimum Gasteiger partial charge on any atom is -0.344 e. The van der Waals surface area contributed by atoms with E-state index in [4.69, 9.17) is 10.5 Å². The van der Waals surface area contributed by atoms with Crippen LogP contribution in [-0.2, 0) is 0 Å². The Balaban J connectivity index is 2.01. The van der Waals surface area contributed by atoms with Gasteiger partial charge in [-0.15, -0.1) is 0 Å². The van der Waals surface area contributed by atoms with Crippen LogP contribution in [0, 0.1) is 34.0 Å². The maximum atomic E-state index is 12.9. The molecule has 0 bridgehead atoms. The van der Waals surface area contributed by atoms with Crippen LogP contribution in [0.1, 0.15) is 52.8 Å². The normalized spacial score (nSPS) is 16.3. The fraction of sp³-hybridized carbons (Fsp3) is 0.316. The third-order valence-electron chi connectivity index (χ3n) is 4.73. The number of carbonyl (C=O) groups is 2. The van der Waals surface area contributed by atoms with E-state index < -0.39 is 5.91 Å². The summed E-state index contributed by atoms with van der Waals surface area (Å²) in [6.45, 7) is 0. The molecule has 128 valence electrons. The van der Waals surface area contributed by atoms with Crippen LogP contribution in [-0.4, -0.2) is 22.8 Å². The second kappa shape index (κ2) is 7.09. The van der Waals surface area contributed by atoms with Crippen LogP contribution in [0.5, 0.6) is 0 Å². The largest absolute Gasteiger partial charge is 0.344 e. The number of amides is 2. The molecule has 1 heterocycles. The number of nitriles is 3. The second-order valence-corrected chi connectivity index (χ2v) is 6.21. The van der Waals surface area contributed by atoms with Crippen molar-refractivity contribution < 1.29 is 9.59 Å². The Hall–Kier alpha value is -3.63. The lowest BCUT2D eigenvalue weighted by molar-refractivity contribution is 0.0549.